The number of hydrogen-bond acceptors (Lipinski definition) is 5. The maximum atomic E-state index is 9.62. The largest absolute Gasteiger partial charge is 0.505 e. The van der Waals surface area contributed by atoms with Gasteiger partial charge in [0.2, 0.25) is 0 Å². The summed E-state index contributed by atoms with van der Waals surface area (Å²) in [6.45, 7) is 1.46. The molecule has 76 valence electrons. The molecule has 0 saturated carbocycles. The highest BCUT2D eigenvalue weighted by molar-refractivity contribution is 5.85. The number of pyridine rings is 1. The van der Waals surface area contributed by atoms with Gasteiger partial charge in [-0.2, -0.15) is 0 Å². The van der Waals surface area contributed by atoms with Gasteiger partial charge in [0.15, 0.2) is 0 Å². The summed E-state index contributed by atoms with van der Waals surface area (Å²) >= 11 is 0. The fraction of sp³-hybridized carbons (Fsp3) is 0.333. The highest BCUT2D eigenvalue weighted by Gasteiger charge is 2.08. The van der Waals surface area contributed by atoms with E-state index < -0.39 is 0 Å². The average molecular weight is 196 g/mol. The lowest BCUT2D eigenvalue weighted by Crippen LogP contribution is -1.98. The van der Waals surface area contributed by atoms with E-state index in [0.717, 1.165) is 0 Å². The molecule has 0 aliphatic carbocycles. The molecule has 2 N–H and O–H groups in total. The lowest BCUT2D eigenvalue weighted by Gasteiger charge is -2.06. The summed E-state index contributed by atoms with van der Waals surface area (Å²) in [6, 6.07) is 0. The van der Waals surface area contributed by atoms with Crippen molar-refractivity contribution in [3.8, 4) is 5.75 Å². The third kappa shape index (κ3) is 2.00. The van der Waals surface area contributed by atoms with E-state index in [9.17, 15) is 5.11 Å². The van der Waals surface area contributed by atoms with Crippen LogP contribution in [0.5, 0.6) is 5.75 Å². The Balaban J connectivity index is 3.21. The second kappa shape index (κ2) is 4.57. The zero-order valence-electron chi connectivity index (χ0n) is 8.06. The van der Waals surface area contributed by atoms with Crippen molar-refractivity contribution in [3.63, 3.8) is 0 Å². The summed E-state index contributed by atoms with van der Waals surface area (Å²) < 4.78 is 0. The molecule has 0 amide bonds. The van der Waals surface area contributed by atoms with Crippen molar-refractivity contribution in [2.75, 3.05) is 7.11 Å². The van der Waals surface area contributed by atoms with E-state index in [1.807, 2.05) is 0 Å². The van der Waals surface area contributed by atoms with Crippen LogP contribution >= 0.6 is 0 Å². The second-order valence-electron chi connectivity index (χ2n) is 2.71. The molecular weight excluding hydrogens is 184 g/mol. The standard InChI is InChI=1S/C9H12N2O3/c1-6-9(13)8(4-11-14-2)7(5-12)3-10-6/h3-4,12-13H,5H2,1-2H3/b11-4+. The number of rotatable bonds is 3. The second-order valence-corrected chi connectivity index (χ2v) is 2.71. The first-order valence-electron chi connectivity index (χ1n) is 4.05. The molecule has 0 atom stereocenters. The molecule has 0 aromatic carbocycles. The Bertz CT molecular complexity index is 350. The van der Waals surface area contributed by atoms with Crippen molar-refractivity contribution < 1.29 is 15.1 Å². The number of hydrogen-bond donors (Lipinski definition) is 2. The Kier molecular flexibility index (Phi) is 3.41. The molecule has 0 saturated heterocycles. The smallest absolute Gasteiger partial charge is 0.146 e. The van der Waals surface area contributed by atoms with Crippen molar-refractivity contribution >= 4 is 6.21 Å². The third-order valence-electron chi connectivity index (χ3n) is 1.82. The molecule has 1 heterocycles. The molecule has 14 heavy (non-hydrogen) atoms. The van der Waals surface area contributed by atoms with Crippen LogP contribution in [0.15, 0.2) is 11.4 Å². The van der Waals surface area contributed by atoms with Gasteiger partial charge < -0.3 is 15.1 Å². The van der Waals surface area contributed by atoms with E-state index in [1.54, 1.807) is 6.92 Å². The average Bonchev–Trinajstić information content (AvgIpc) is 2.20. The summed E-state index contributed by atoms with van der Waals surface area (Å²) in [5, 5.41) is 22.1. The molecule has 0 radical (unpaired) electrons. The molecule has 1 aromatic rings. The molecule has 0 spiro atoms. The molecule has 0 aliphatic rings. The first-order valence-corrected chi connectivity index (χ1v) is 4.05. The first kappa shape index (κ1) is 10.5. The zero-order valence-corrected chi connectivity index (χ0v) is 8.06. The number of nitrogens with zero attached hydrogens (tertiary/aromatic N) is 2. The molecule has 5 nitrogen and oxygen atoms in total. The number of aromatic nitrogens is 1. The minimum Gasteiger partial charge on any atom is -0.505 e. The number of oxime groups is 1. The number of aliphatic hydroxyl groups is 1. The third-order valence-corrected chi connectivity index (χ3v) is 1.82. The van der Waals surface area contributed by atoms with Crippen molar-refractivity contribution in [1.82, 2.24) is 4.98 Å². The predicted octanol–water partition coefficient (Wildman–Crippen LogP) is 0.568. The lowest BCUT2D eigenvalue weighted by molar-refractivity contribution is 0.215. The highest BCUT2D eigenvalue weighted by atomic mass is 16.6. The van der Waals surface area contributed by atoms with Crippen LogP contribution in [0.25, 0.3) is 0 Å². The Morgan fingerprint density at radius 2 is 2.36 bits per heavy atom. The Labute approximate surface area is 81.7 Å². The summed E-state index contributed by atoms with van der Waals surface area (Å²) in [5.41, 5.74) is 1.43. The molecule has 0 aliphatic heterocycles. The quantitative estimate of drug-likeness (QED) is 0.547. The Morgan fingerprint density at radius 1 is 1.64 bits per heavy atom. The van der Waals surface area contributed by atoms with Gasteiger partial charge in [0.25, 0.3) is 0 Å². The summed E-state index contributed by atoms with van der Waals surface area (Å²) in [4.78, 5) is 8.40. The topological polar surface area (TPSA) is 74.9 Å². The molecule has 1 rings (SSSR count). The minimum absolute atomic E-state index is 0.0114. The summed E-state index contributed by atoms with van der Waals surface area (Å²) in [7, 11) is 1.40. The SMILES string of the molecule is CO/N=C/c1c(CO)cnc(C)c1O. The van der Waals surface area contributed by atoms with E-state index in [4.69, 9.17) is 5.11 Å². The number of aromatic hydroxyl groups is 1. The fourth-order valence-corrected chi connectivity index (χ4v) is 1.03. The van der Waals surface area contributed by atoms with Crippen LogP contribution in [-0.4, -0.2) is 28.5 Å². The Hall–Kier alpha value is -1.62. The zero-order chi connectivity index (χ0) is 10.6. The maximum Gasteiger partial charge on any atom is 0.146 e. The van der Waals surface area contributed by atoms with Gasteiger partial charge in [-0.15, -0.1) is 0 Å². The van der Waals surface area contributed by atoms with Gasteiger partial charge in [0.05, 0.1) is 18.5 Å². The van der Waals surface area contributed by atoms with Crippen molar-refractivity contribution in [2.45, 2.75) is 13.5 Å². The monoisotopic (exact) mass is 196 g/mol. The number of aryl methyl sites for hydroxylation is 1. The van der Waals surface area contributed by atoms with E-state index in [1.165, 1.54) is 19.5 Å². The van der Waals surface area contributed by atoms with E-state index in [0.29, 0.717) is 16.8 Å². The van der Waals surface area contributed by atoms with Crippen LogP contribution in [0.3, 0.4) is 0 Å². The van der Waals surface area contributed by atoms with Crippen LogP contribution < -0.4 is 0 Å². The van der Waals surface area contributed by atoms with Crippen molar-refractivity contribution in [3.05, 3.63) is 23.0 Å². The molecular formula is C9H12N2O3. The van der Waals surface area contributed by atoms with Gasteiger partial charge in [-0.3, -0.25) is 4.98 Å². The van der Waals surface area contributed by atoms with Crippen LogP contribution in [0, 0.1) is 6.92 Å². The summed E-state index contributed by atoms with van der Waals surface area (Å²) in [6.07, 6.45) is 2.83. The predicted molar refractivity (Wildman–Crippen MR) is 51.2 cm³/mol. The van der Waals surface area contributed by atoms with Gasteiger partial charge in [0, 0.05) is 17.3 Å². The van der Waals surface area contributed by atoms with Crippen LogP contribution in [0.1, 0.15) is 16.8 Å². The van der Waals surface area contributed by atoms with E-state index in [2.05, 4.69) is 15.0 Å². The molecule has 0 bridgehead atoms. The van der Waals surface area contributed by atoms with E-state index in [-0.39, 0.29) is 12.4 Å². The summed E-state index contributed by atoms with van der Waals surface area (Å²) in [5.74, 6) is 0.0114. The molecule has 0 unspecified atom stereocenters. The lowest BCUT2D eigenvalue weighted by atomic mass is 10.1. The first-order chi connectivity index (χ1) is 6.70. The normalized spacial score (nSPS) is 10.8. The fourth-order valence-electron chi connectivity index (χ4n) is 1.03. The maximum absolute atomic E-state index is 9.62. The van der Waals surface area contributed by atoms with Crippen molar-refractivity contribution in [2.24, 2.45) is 5.16 Å². The molecule has 0 fully saturated rings. The highest BCUT2D eigenvalue weighted by Crippen LogP contribution is 2.21. The Morgan fingerprint density at radius 3 is 2.93 bits per heavy atom. The van der Waals surface area contributed by atoms with Crippen molar-refractivity contribution in [1.29, 1.82) is 0 Å². The van der Waals surface area contributed by atoms with Gasteiger partial charge in [-0.1, -0.05) is 5.16 Å². The molecule has 1 aromatic heterocycles. The van der Waals surface area contributed by atoms with E-state index >= 15 is 0 Å². The van der Waals surface area contributed by atoms with Gasteiger partial charge in [0.1, 0.15) is 12.9 Å². The number of aliphatic hydroxyl groups excluding tert-OH is 1. The van der Waals surface area contributed by atoms with Crippen LogP contribution in [0.4, 0.5) is 0 Å². The van der Waals surface area contributed by atoms with Gasteiger partial charge in [-0.25, -0.2) is 0 Å². The van der Waals surface area contributed by atoms with Crippen LogP contribution in [0.2, 0.25) is 0 Å². The minimum atomic E-state index is -0.202. The van der Waals surface area contributed by atoms with Crippen LogP contribution in [-0.2, 0) is 11.4 Å². The van der Waals surface area contributed by atoms with Gasteiger partial charge >= 0.3 is 0 Å². The van der Waals surface area contributed by atoms with Gasteiger partial charge in [-0.05, 0) is 6.92 Å². The molecule has 5 heteroatoms.